The van der Waals surface area contributed by atoms with Crippen molar-refractivity contribution in [1.82, 2.24) is 10.2 Å². The van der Waals surface area contributed by atoms with Crippen molar-refractivity contribution in [2.24, 2.45) is 0 Å². The van der Waals surface area contributed by atoms with Gasteiger partial charge in [0.2, 0.25) is 0 Å². The van der Waals surface area contributed by atoms with Gasteiger partial charge in [0, 0.05) is 19.6 Å². The molecule has 0 unspecified atom stereocenters. The molecule has 0 heterocycles. The van der Waals surface area contributed by atoms with E-state index in [1.807, 2.05) is 19.0 Å². The minimum absolute atomic E-state index is 0.269. The van der Waals surface area contributed by atoms with Gasteiger partial charge in [-0.2, -0.15) is 0 Å². The number of likely N-dealkylation sites (N-methyl/N-ethyl adjacent to an activating group) is 1. The second-order valence-corrected chi connectivity index (χ2v) is 4.47. The first-order valence-electron chi connectivity index (χ1n) is 6.07. The van der Waals surface area contributed by atoms with E-state index < -0.39 is 17.5 Å². The minimum Gasteiger partial charge on any atom is -0.379 e. The van der Waals surface area contributed by atoms with Crippen LogP contribution < -0.4 is 5.32 Å². The normalized spacial score (nSPS) is 11.3. The molecule has 1 aromatic rings. The number of hydrogen-bond donors (Lipinski definition) is 1. The lowest BCUT2D eigenvalue weighted by molar-refractivity contribution is 0.119. The zero-order valence-corrected chi connectivity index (χ0v) is 11.2. The summed E-state index contributed by atoms with van der Waals surface area (Å²) in [6.07, 6.45) is 0. The SMILES string of the molecule is CN(C)CCOCCNCc1cc(F)c(F)c(F)c1. The van der Waals surface area contributed by atoms with E-state index in [0.717, 1.165) is 18.7 Å². The van der Waals surface area contributed by atoms with Gasteiger partial charge in [-0.15, -0.1) is 0 Å². The number of halogens is 3. The van der Waals surface area contributed by atoms with Crippen LogP contribution in [0.15, 0.2) is 12.1 Å². The Morgan fingerprint density at radius 2 is 1.74 bits per heavy atom. The van der Waals surface area contributed by atoms with E-state index in [0.29, 0.717) is 25.3 Å². The van der Waals surface area contributed by atoms with E-state index in [4.69, 9.17) is 4.74 Å². The van der Waals surface area contributed by atoms with Gasteiger partial charge in [-0.3, -0.25) is 0 Å². The molecule has 0 saturated carbocycles. The van der Waals surface area contributed by atoms with E-state index in [1.54, 1.807) is 0 Å². The first-order chi connectivity index (χ1) is 9.00. The Labute approximate surface area is 111 Å². The molecule has 0 aromatic heterocycles. The van der Waals surface area contributed by atoms with Crippen LogP contribution in [0.3, 0.4) is 0 Å². The van der Waals surface area contributed by atoms with Crippen LogP contribution in [-0.4, -0.2) is 45.3 Å². The molecule has 0 radical (unpaired) electrons. The third-order valence-electron chi connectivity index (χ3n) is 2.48. The summed E-state index contributed by atoms with van der Waals surface area (Å²) in [5.41, 5.74) is 0.365. The van der Waals surface area contributed by atoms with Crippen molar-refractivity contribution >= 4 is 0 Å². The van der Waals surface area contributed by atoms with Crippen molar-refractivity contribution in [1.29, 1.82) is 0 Å². The highest BCUT2D eigenvalue weighted by atomic mass is 19.2. The molecule has 0 aliphatic carbocycles. The predicted octanol–water partition coefficient (Wildman–Crippen LogP) is 1.77. The van der Waals surface area contributed by atoms with Crippen LogP contribution in [0.1, 0.15) is 5.56 Å². The summed E-state index contributed by atoms with van der Waals surface area (Å²) in [5.74, 6) is -3.77. The van der Waals surface area contributed by atoms with Gasteiger partial charge in [0.05, 0.1) is 13.2 Å². The molecule has 0 aliphatic heterocycles. The Hall–Kier alpha value is -1.11. The van der Waals surface area contributed by atoms with Crippen LogP contribution in [0.4, 0.5) is 13.2 Å². The Kier molecular flexibility index (Phi) is 6.83. The molecular formula is C13H19F3N2O. The maximum absolute atomic E-state index is 12.9. The smallest absolute Gasteiger partial charge is 0.194 e. The van der Waals surface area contributed by atoms with Gasteiger partial charge in [-0.1, -0.05) is 0 Å². The molecule has 0 bridgehead atoms. The Bertz CT molecular complexity index is 376. The summed E-state index contributed by atoms with van der Waals surface area (Å²) in [7, 11) is 3.92. The first-order valence-corrected chi connectivity index (χ1v) is 6.07. The summed E-state index contributed by atoms with van der Waals surface area (Å²) in [5, 5.41) is 2.97. The van der Waals surface area contributed by atoms with Crippen LogP contribution in [0.5, 0.6) is 0 Å². The standard InChI is InChI=1S/C13H19F3N2O/c1-18(2)4-6-19-5-3-17-9-10-7-11(14)13(16)12(15)8-10/h7-8,17H,3-6,9H2,1-2H3. The van der Waals surface area contributed by atoms with Gasteiger partial charge in [0.1, 0.15) is 0 Å². The summed E-state index contributed by atoms with van der Waals surface area (Å²) in [4.78, 5) is 2.01. The fraction of sp³-hybridized carbons (Fsp3) is 0.538. The van der Waals surface area contributed by atoms with E-state index in [-0.39, 0.29) is 6.54 Å². The van der Waals surface area contributed by atoms with E-state index in [2.05, 4.69) is 5.32 Å². The van der Waals surface area contributed by atoms with Crippen LogP contribution in [0, 0.1) is 17.5 Å². The number of nitrogens with zero attached hydrogens (tertiary/aromatic N) is 1. The average molecular weight is 276 g/mol. The number of benzene rings is 1. The molecule has 0 spiro atoms. The number of rotatable bonds is 8. The predicted molar refractivity (Wildman–Crippen MR) is 67.4 cm³/mol. The quantitative estimate of drug-likeness (QED) is 0.578. The maximum Gasteiger partial charge on any atom is 0.194 e. The molecule has 1 aromatic carbocycles. The van der Waals surface area contributed by atoms with Gasteiger partial charge in [0.15, 0.2) is 17.5 Å². The molecule has 0 saturated heterocycles. The highest BCUT2D eigenvalue weighted by molar-refractivity contribution is 5.19. The molecule has 3 nitrogen and oxygen atoms in total. The summed E-state index contributed by atoms with van der Waals surface area (Å²) in [6.45, 7) is 2.82. The summed E-state index contributed by atoms with van der Waals surface area (Å²) >= 11 is 0. The number of ether oxygens (including phenoxy) is 1. The van der Waals surface area contributed by atoms with E-state index in [1.165, 1.54) is 0 Å². The molecule has 0 amide bonds. The molecular weight excluding hydrogens is 257 g/mol. The molecule has 1 rings (SSSR count). The third kappa shape index (κ3) is 6.04. The average Bonchev–Trinajstić information content (AvgIpc) is 2.34. The highest BCUT2D eigenvalue weighted by Crippen LogP contribution is 2.13. The zero-order chi connectivity index (χ0) is 14.3. The maximum atomic E-state index is 12.9. The van der Waals surface area contributed by atoms with Crippen LogP contribution in [-0.2, 0) is 11.3 Å². The van der Waals surface area contributed by atoms with Gasteiger partial charge < -0.3 is 15.0 Å². The van der Waals surface area contributed by atoms with Crippen molar-refractivity contribution in [3.8, 4) is 0 Å². The van der Waals surface area contributed by atoms with Crippen molar-refractivity contribution in [3.63, 3.8) is 0 Å². The monoisotopic (exact) mass is 276 g/mol. The van der Waals surface area contributed by atoms with Crippen molar-refractivity contribution in [3.05, 3.63) is 35.1 Å². The minimum atomic E-state index is -1.43. The number of hydrogen-bond acceptors (Lipinski definition) is 3. The van der Waals surface area contributed by atoms with E-state index >= 15 is 0 Å². The van der Waals surface area contributed by atoms with Gasteiger partial charge in [0.25, 0.3) is 0 Å². The van der Waals surface area contributed by atoms with Gasteiger partial charge in [-0.25, -0.2) is 13.2 Å². The molecule has 0 aliphatic rings. The topological polar surface area (TPSA) is 24.5 Å². The molecule has 108 valence electrons. The lowest BCUT2D eigenvalue weighted by Gasteiger charge is -2.10. The molecule has 0 atom stereocenters. The van der Waals surface area contributed by atoms with Crippen molar-refractivity contribution in [2.75, 3.05) is 40.4 Å². The molecule has 1 N–H and O–H groups in total. The fourth-order valence-corrected chi connectivity index (χ4v) is 1.44. The van der Waals surface area contributed by atoms with Crippen molar-refractivity contribution < 1.29 is 17.9 Å². The molecule has 19 heavy (non-hydrogen) atoms. The zero-order valence-electron chi connectivity index (χ0n) is 11.2. The van der Waals surface area contributed by atoms with Gasteiger partial charge in [-0.05, 0) is 31.8 Å². The summed E-state index contributed by atoms with van der Waals surface area (Å²) < 4.78 is 43.9. The highest BCUT2D eigenvalue weighted by Gasteiger charge is 2.09. The lowest BCUT2D eigenvalue weighted by Crippen LogP contribution is -2.23. The second-order valence-electron chi connectivity index (χ2n) is 4.47. The second kappa shape index (κ2) is 8.14. The largest absolute Gasteiger partial charge is 0.379 e. The Morgan fingerprint density at radius 1 is 1.11 bits per heavy atom. The van der Waals surface area contributed by atoms with Crippen LogP contribution in [0.2, 0.25) is 0 Å². The molecule has 0 fully saturated rings. The van der Waals surface area contributed by atoms with Crippen LogP contribution in [0.25, 0.3) is 0 Å². The lowest BCUT2D eigenvalue weighted by atomic mass is 10.2. The molecule has 6 heteroatoms. The van der Waals surface area contributed by atoms with Gasteiger partial charge >= 0.3 is 0 Å². The summed E-state index contributed by atoms with van der Waals surface area (Å²) in [6, 6.07) is 1.97. The van der Waals surface area contributed by atoms with Crippen LogP contribution >= 0.6 is 0 Å². The van der Waals surface area contributed by atoms with Crippen molar-refractivity contribution in [2.45, 2.75) is 6.54 Å². The first kappa shape index (κ1) is 15.9. The Balaban J connectivity index is 2.19. The number of nitrogens with one attached hydrogen (secondary N) is 1. The fourth-order valence-electron chi connectivity index (χ4n) is 1.44. The van der Waals surface area contributed by atoms with E-state index in [9.17, 15) is 13.2 Å². The third-order valence-corrected chi connectivity index (χ3v) is 2.48. The Morgan fingerprint density at radius 3 is 2.32 bits per heavy atom.